The van der Waals surface area contributed by atoms with Crippen LogP contribution in [0.3, 0.4) is 0 Å². The highest BCUT2D eigenvalue weighted by molar-refractivity contribution is 6.22. The van der Waals surface area contributed by atoms with E-state index in [1.54, 1.807) is 36.4 Å². The summed E-state index contributed by atoms with van der Waals surface area (Å²) in [4.78, 5) is 5.08. The van der Waals surface area contributed by atoms with Crippen molar-refractivity contribution in [1.82, 2.24) is 9.55 Å². The number of hydrogen-bond donors (Lipinski definition) is 0. The van der Waals surface area contributed by atoms with E-state index in [0.717, 1.165) is 11.2 Å². The van der Waals surface area contributed by atoms with E-state index in [4.69, 9.17) is 17.3 Å². The predicted molar refractivity (Wildman–Crippen MR) is 198 cm³/mol. The highest BCUT2D eigenvalue weighted by atomic mass is 15.1. The minimum absolute atomic E-state index is 0.00318. The Morgan fingerprint density at radius 1 is 0.447 bits per heavy atom. The van der Waals surface area contributed by atoms with Gasteiger partial charge in [-0.2, -0.15) is 0 Å². The van der Waals surface area contributed by atoms with Crippen LogP contribution in [0.1, 0.15) is 17.8 Å². The van der Waals surface area contributed by atoms with Crippen molar-refractivity contribution < 1.29 is 17.8 Å². The molecule has 0 spiro atoms. The number of hydrogen-bond acceptors (Lipinski definition) is 1. The highest BCUT2D eigenvalue weighted by Crippen LogP contribution is 2.46. The summed E-state index contributed by atoms with van der Waals surface area (Å²) in [5.41, 5.74) is 3.72. The van der Waals surface area contributed by atoms with Crippen molar-refractivity contribution in [3.05, 3.63) is 182 Å². The van der Waals surface area contributed by atoms with Crippen LogP contribution in [0, 0.1) is 0 Å². The van der Waals surface area contributed by atoms with Gasteiger partial charge in [-0.05, 0) is 85.3 Å². The number of imidazole rings is 1. The molecule has 0 radical (unpaired) electrons. The summed E-state index contributed by atoms with van der Waals surface area (Å²) in [5, 5.41) is -0.0654. The van der Waals surface area contributed by atoms with Crippen molar-refractivity contribution >= 4 is 32.6 Å². The Hall–Kier alpha value is -6.25. The zero-order valence-corrected chi connectivity index (χ0v) is 24.7. The maximum atomic E-state index is 9.50. The standard InChI is InChI=1S/C45H30N2/c1-3-16-31(17-4-1)32-18-15-19-33(30-32)43-35-22-7-9-24-37(35)44(38-25-10-8-23-36(38)43)39-26-11-12-27-40(39)45-46-41-28-13-14-29-42(41)47(45)34-20-5-2-6-21-34/h1-30H/i1D,3D,4D,7D,8D,9D,10D,16D,17D,22D,23D,24D,25D. The molecular weight excluding hydrogens is 569 g/mol. The Bertz CT molecular complexity index is 3200. The molecule has 0 bridgehead atoms. The normalized spacial score (nSPS) is 15.3. The van der Waals surface area contributed by atoms with Gasteiger partial charge in [0.15, 0.2) is 0 Å². The molecule has 8 aromatic carbocycles. The second kappa shape index (κ2) is 11.3. The fourth-order valence-corrected chi connectivity index (χ4v) is 6.35. The molecule has 0 aliphatic carbocycles. The maximum Gasteiger partial charge on any atom is 0.146 e. The van der Waals surface area contributed by atoms with Gasteiger partial charge in [0.25, 0.3) is 0 Å². The van der Waals surface area contributed by atoms with Crippen LogP contribution in [0.15, 0.2) is 182 Å². The second-order valence-corrected chi connectivity index (χ2v) is 11.0. The quantitative estimate of drug-likeness (QED) is 0.177. The Kier molecular flexibility index (Phi) is 4.05. The number of aromatic nitrogens is 2. The number of fused-ring (bicyclic) bond motifs is 3. The molecule has 9 aromatic rings. The van der Waals surface area contributed by atoms with Crippen LogP contribution >= 0.6 is 0 Å². The Balaban J connectivity index is 1.49. The van der Waals surface area contributed by atoms with Gasteiger partial charge in [-0.1, -0.05) is 151 Å². The molecule has 0 saturated heterocycles. The Labute approximate surface area is 292 Å². The molecule has 0 amide bonds. The largest absolute Gasteiger partial charge is 0.292 e. The SMILES string of the molecule is [2H]c1c([2H])c([2H])c(-c2cccc(-c3c4c([2H])c([2H])c([2H])c([2H])c4c(-c4ccccc4-c4nc5ccccc5n4-c4ccccc4)c4c([2H])c([2H])c([2H])c([2H])c34)c2)c([2H])c1[2H]. The lowest BCUT2D eigenvalue weighted by atomic mass is 9.84. The maximum absolute atomic E-state index is 9.50. The minimum atomic E-state index is -0.569. The molecule has 220 valence electrons. The number of nitrogens with zero attached hydrogens (tertiary/aromatic N) is 2. The van der Waals surface area contributed by atoms with E-state index in [2.05, 4.69) is 0 Å². The van der Waals surface area contributed by atoms with Crippen LogP contribution in [-0.4, -0.2) is 9.55 Å². The first-order valence-electron chi connectivity index (χ1n) is 21.5. The second-order valence-electron chi connectivity index (χ2n) is 11.0. The molecule has 0 atom stereocenters. The molecule has 0 saturated carbocycles. The molecule has 0 aliphatic rings. The monoisotopic (exact) mass is 611 g/mol. The average molecular weight is 612 g/mol. The van der Waals surface area contributed by atoms with Crippen LogP contribution in [-0.2, 0) is 0 Å². The lowest BCUT2D eigenvalue weighted by molar-refractivity contribution is 1.10. The van der Waals surface area contributed by atoms with Crippen molar-refractivity contribution in [3.63, 3.8) is 0 Å². The third-order valence-corrected chi connectivity index (χ3v) is 8.33. The van der Waals surface area contributed by atoms with Crippen LogP contribution in [0.5, 0.6) is 0 Å². The third kappa shape index (κ3) is 4.54. The van der Waals surface area contributed by atoms with Gasteiger partial charge in [-0.25, -0.2) is 4.98 Å². The van der Waals surface area contributed by atoms with E-state index in [9.17, 15) is 5.48 Å². The van der Waals surface area contributed by atoms with Gasteiger partial charge in [-0.3, -0.25) is 4.57 Å². The number of rotatable bonds is 5. The smallest absolute Gasteiger partial charge is 0.146 e. The lowest BCUT2D eigenvalue weighted by Crippen LogP contribution is -1.99. The summed E-state index contributed by atoms with van der Waals surface area (Å²) in [7, 11) is 0. The number of para-hydroxylation sites is 3. The van der Waals surface area contributed by atoms with Gasteiger partial charge in [-0.15, -0.1) is 0 Å². The molecule has 2 nitrogen and oxygen atoms in total. The van der Waals surface area contributed by atoms with Crippen molar-refractivity contribution in [2.45, 2.75) is 0 Å². The topological polar surface area (TPSA) is 17.8 Å². The molecule has 0 unspecified atom stereocenters. The van der Waals surface area contributed by atoms with Crippen molar-refractivity contribution in [2.75, 3.05) is 0 Å². The summed E-state index contributed by atoms with van der Waals surface area (Å²) in [6.07, 6.45) is 0. The van der Waals surface area contributed by atoms with E-state index >= 15 is 0 Å². The van der Waals surface area contributed by atoms with Gasteiger partial charge in [0.2, 0.25) is 0 Å². The summed E-state index contributed by atoms with van der Waals surface area (Å²) in [6, 6.07) is 23.9. The Morgan fingerprint density at radius 3 is 1.74 bits per heavy atom. The van der Waals surface area contributed by atoms with E-state index in [-0.39, 0.29) is 49.4 Å². The van der Waals surface area contributed by atoms with Crippen molar-refractivity contribution in [1.29, 1.82) is 0 Å². The van der Waals surface area contributed by atoms with Crippen molar-refractivity contribution in [2.24, 2.45) is 0 Å². The van der Waals surface area contributed by atoms with Gasteiger partial charge >= 0.3 is 0 Å². The summed E-state index contributed by atoms with van der Waals surface area (Å²) in [6.45, 7) is 0. The fraction of sp³-hybridized carbons (Fsp3) is 0. The van der Waals surface area contributed by atoms with Gasteiger partial charge in [0, 0.05) is 11.3 Å². The summed E-state index contributed by atoms with van der Waals surface area (Å²) in [5.74, 6) is 0.483. The highest BCUT2D eigenvalue weighted by Gasteiger charge is 2.22. The molecular formula is C45H30N2. The van der Waals surface area contributed by atoms with Crippen molar-refractivity contribution in [3.8, 4) is 50.5 Å². The van der Waals surface area contributed by atoms with E-state index in [1.807, 2.05) is 65.2 Å². The molecule has 0 fully saturated rings. The molecule has 0 aliphatic heterocycles. The average Bonchev–Trinajstić information content (AvgIpc) is 3.66. The molecule has 47 heavy (non-hydrogen) atoms. The molecule has 9 rings (SSSR count). The molecule has 1 heterocycles. The minimum Gasteiger partial charge on any atom is -0.292 e. The molecule has 2 heteroatoms. The first-order chi connectivity index (χ1) is 28.7. The predicted octanol–water partition coefficient (Wildman–Crippen LogP) is 12.0. The van der Waals surface area contributed by atoms with Gasteiger partial charge in [0.1, 0.15) is 5.82 Å². The van der Waals surface area contributed by atoms with Crippen LogP contribution in [0.2, 0.25) is 0 Å². The van der Waals surface area contributed by atoms with Gasteiger partial charge < -0.3 is 0 Å². The number of benzene rings is 8. The first-order valence-corrected chi connectivity index (χ1v) is 15.0. The third-order valence-electron chi connectivity index (χ3n) is 8.33. The zero-order chi connectivity index (χ0) is 42.5. The first kappa shape index (κ1) is 16.9. The van der Waals surface area contributed by atoms with E-state index in [0.29, 0.717) is 22.5 Å². The van der Waals surface area contributed by atoms with Crippen LogP contribution in [0.4, 0.5) is 0 Å². The van der Waals surface area contributed by atoms with Gasteiger partial charge in [0.05, 0.1) is 28.9 Å². The summed E-state index contributed by atoms with van der Waals surface area (Å²) >= 11 is 0. The fourth-order valence-electron chi connectivity index (χ4n) is 6.35. The molecule has 0 N–H and O–H groups in total. The van der Waals surface area contributed by atoms with Crippen LogP contribution in [0.25, 0.3) is 83.0 Å². The summed E-state index contributed by atoms with van der Waals surface area (Å²) < 4.78 is 118. The lowest BCUT2D eigenvalue weighted by Gasteiger charge is -2.20. The Morgan fingerprint density at radius 2 is 1.02 bits per heavy atom. The van der Waals surface area contributed by atoms with E-state index in [1.165, 1.54) is 6.07 Å². The van der Waals surface area contributed by atoms with E-state index < -0.39 is 78.6 Å². The molecule has 1 aromatic heterocycles. The van der Waals surface area contributed by atoms with Crippen LogP contribution < -0.4 is 0 Å². The zero-order valence-electron chi connectivity index (χ0n) is 37.7.